The third kappa shape index (κ3) is 3.44. The fourth-order valence-electron chi connectivity index (χ4n) is 3.15. The molecule has 0 radical (unpaired) electrons. The summed E-state index contributed by atoms with van der Waals surface area (Å²) in [6, 6.07) is 5.10. The van der Waals surface area contributed by atoms with Gasteiger partial charge in [0.1, 0.15) is 0 Å². The van der Waals surface area contributed by atoms with Gasteiger partial charge in [-0.3, -0.25) is 9.59 Å². The topological polar surface area (TPSA) is 76.0 Å². The van der Waals surface area contributed by atoms with Crippen molar-refractivity contribution >= 4 is 40.7 Å². The van der Waals surface area contributed by atoms with E-state index in [0.29, 0.717) is 28.1 Å². The summed E-state index contributed by atoms with van der Waals surface area (Å²) in [5, 5.41) is 6.56. The van der Waals surface area contributed by atoms with Crippen molar-refractivity contribution in [2.75, 3.05) is 5.32 Å². The van der Waals surface area contributed by atoms with Crippen molar-refractivity contribution in [3.05, 3.63) is 45.5 Å². The average Bonchev–Trinajstić information content (AvgIpc) is 3.34. The van der Waals surface area contributed by atoms with Gasteiger partial charge in [0, 0.05) is 17.6 Å². The van der Waals surface area contributed by atoms with Gasteiger partial charge in [-0.05, 0) is 50.3 Å². The Kier molecular flexibility index (Phi) is 4.63. The summed E-state index contributed by atoms with van der Waals surface area (Å²) in [5.41, 5.74) is 1.55. The van der Waals surface area contributed by atoms with Crippen LogP contribution in [0.5, 0.6) is 0 Å². The van der Waals surface area contributed by atoms with Crippen LogP contribution in [-0.2, 0) is 13.0 Å². The molecule has 1 aliphatic heterocycles. The van der Waals surface area contributed by atoms with Crippen LogP contribution in [0.1, 0.15) is 52.5 Å². The molecule has 0 atom stereocenters. The van der Waals surface area contributed by atoms with Crippen molar-refractivity contribution in [3.8, 4) is 0 Å². The zero-order chi connectivity index (χ0) is 18.3. The van der Waals surface area contributed by atoms with Gasteiger partial charge < -0.3 is 15.2 Å². The minimum atomic E-state index is -0.370. The minimum Gasteiger partial charge on any atom is -0.347 e. The molecule has 6 nitrogen and oxygen atoms in total. The third-order valence-electron chi connectivity index (χ3n) is 4.63. The number of carbonyl (C=O) groups excluding carboxylic acids is 2. The van der Waals surface area contributed by atoms with Crippen LogP contribution in [0.2, 0.25) is 10.0 Å². The number of nitrogens with one attached hydrogen (secondary N) is 2. The highest BCUT2D eigenvalue weighted by atomic mass is 35.5. The lowest BCUT2D eigenvalue weighted by Gasteiger charge is -2.17. The zero-order valence-corrected chi connectivity index (χ0v) is 15.5. The summed E-state index contributed by atoms with van der Waals surface area (Å²) >= 11 is 12.0. The molecule has 2 N–H and O–H groups in total. The van der Waals surface area contributed by atoms with Crippen LogP contribution in [0.15, 0.2) is 18.2 Å². The number of anilines is 1. The molecule has 1 aromatic heterocycles. The van der Waals surface area contributed by atoms with Gasteiger partial charge in [-0.2, -0.15) is 0 Å². The van der Waals surface area contributed by atoms with Gasteiger partial charge in [0.05, 0.1) is 16.4 Å². The molecule has 1 fully saturated rings. The van der Waals surface area contributed by atoms with Gasteiger partial charge in [-0.15, -0.1) is 0 Å². The number of rotatable bonds is 4. The lowest BCUT2D eigenvalue weighted by atomic mass is 10.1. The number of hydrogen-bond acceptors (Lipinski definition) is 3. The fourth-order valence-corrected chi connectivity index (χ4v) is 3.60. The number of benzene rings is 1. The second-order valence-corrected chi connectivity index (χ2v) is 7.51. The first-order chi connectivity index (χ1) is 12.5. The number of carbonyl (C=O) groups is 2. The Bertz CT molecular complexity index is 890. The van der Waals surface area contributed by atoms with E-state index in [4.69, 9.17) is 23.2 Å². The van der Waals surface area contributed by atoms with Gasteiger partial charge in [0.2, 0.25) is 0 Å². The Labute approximate surface area is 160 Å². The number of halogens is 2. The van der Waals surface area contributed by atoms with Gasteiger partial charge in [-0.1, -0.05) is 23.2 Å². The fraction of sp³-hybridized carbons (Fsp3) is 0.389. The largest absolute Gasteiger partial charge is 0.347 e. The molecule has 2 amide bonds. The summed E-state index contributed by atoms with van der Waals surface area (Å²) in [7, 11) is 0. The molecule has 1 aliphatic carbocycles. The van der Waals surface area contributed by atoms with Crippen LogP contribution in [0.25, 0.3) is 0 Å². The van der Waals surface area contributed by atoms with Gasteiger partial charge >= 0.3 is 0 Å². The molecule has 4 rings (SSSR count). The van der Waals surface area contributed by atoms with Crippen molar-refractivity contribution in [2.45, 2.75) is 44.7 Å². The minimum absolute atomic E-state index is 0.209. The lowest BCUT2D eigenvalue weighted by Crippen LogP contribution is -2.29. The van der Waals surface area contributed by atoms with E-state index in [2.05, 4.69) is 15.6 Å². The lowest BCUT2D eigenvalue weighted by molar-refractivity contribution is 0.0935. The Balaban J connectivity index is 1.63. The van der Waals surface area contributed by atoms with E-state index in [0.717, 1.165) is 37.8 Å². The van der Waals surface area contributed by atoms with Crippen LogP contribution >= 0.6 is 23.2 Å². The highest BCUT2D eigenvalue weighted by Gasteiger charge is 2.30. The number of fused-ring (bicyclic) bond motifs is 1. The highest BCUT2D eigenvalue weighted by Crippen LogP contribution is 2.27. The molecular weight excluding hydrogens is 375 g/mol. The Morgan fingerprint density at radius 2 is 1.96 bits per heavy atom. The molecule has 1 saturated carbocycles. The Morgan fingerprint density at radius 3 is 2.69 bits per heavy atom. The first-order valence-corrected chi connectivity index (χ1v) is 9.45. The monoisotopic (exact) mass is 392 g/mol. The van der Waals surface area contributed by atoms with E-state index >= 15 is 0 Å². The smallest absolute Gasteiger partial charge is 0.287 e. The van der Waals surface area contributed by atoms with E-state index in [1.165, 1.54) is 0 Å². The van der Waals surface area contributed by atoms with Gasteiger partial charge in [-0.25, -0.2) is 4.98 Å². The van der Waals surface area contributed by atoms with Crippen molar-refractivity contribution in [1.82, 2.24) is 14.9 Å². The summed E-state index contributed by atoms with van der Waals surface area (Å²) in [4.78, 5) is 29.7. The molecule has 1 aromatic carbocycles. The van der Waals surface area contributed by atoms with Crippen LogP contribution in [0.3, 0.4) is 0 Å². The summed E-state index contributed by atoms with van der Waals surface area (Å²) < 4.78 is 1.87. The van der Waals surface area contributed by atoms with Gasteiger partial charge in [0.15, 0.2) is 11.5 Å². The zero-order valence-electron chi connectivity index (χ0n) is 14.0. The van der Waals surface area contributed by atoms with E-state index in [9.17, 15) is 9.59 Å². The van der Waals surface area contributed by atoms with E-state index in [1.54, 1.807) is 18.2 Å². The predicted octanol–water partition coefficient (Wildman–Crippen LogP) is 3.67. The molecule has 2 aromatic rings. The summed E-state index contributed by atoms with van der Waals surface area (Å²) in [5.74, 6) is -0.261. The van der Waals surface area contributed by atoms with E-state index in [1.807, 2.05) is 4.57 Å². The SMILES string of the molecule is O=C(Nc1ccc(Cl)cc1Cl)c1nc(C(=O)NC2CC2)n2c1CCCC2. The van der Waals surface area contributed by atoms with Crippen LogP contribution in [0, 0.1) is 0 Å². The number of hydrogen-bond donors (Lipinski definition) is 2. The maximum Gasteiger partial charge on any atom is 0.287 e. The normalized spacial score (nSPS) is 16.1. The van der Waals surface area contributed by atoms with Gasteiger partial charge in [0.25, 0.3) is 11.8 Å². The van der Waals surface area contributed by atoms with Crippen molar-refractivity contribution < 1.29 is 9.59 Å². The molecule has 8 heteroatoms. The quantitative estimate of drug-likeness (QED) is 0.832. The molecule has 0 saturated heterocycles. The highest BCUT2D eigenvalue weighted by molar-refractivity contribution is 6.36. The number of aromatic nitrogens is 2. The van der Waals surface area contributed by atoms with E-state index < -0.39 is 0 Å². The summed E-state index contributed by atoms with van der Waals surface area (Å²) in [6.45, 7) is 0.699. The maximum atomic E-state index is 12.8. The van der Waals surface area contributed by atoms with E-state index in [-0.39, 0.29) is 23.6 Å². The second kappa shape index (κ2) is 6.93. The maximum absolute atomic E-state index is 12.8. The molecule has 2 heterocycles. The number of nitrogens with zero attached hydrogens (tertiary/aromatic N) is 2. The summed E-state index contributed by atoms with van der Waals surface area (Å²) in [6.07, 6.45) is 4.67. The first-order valence-electron chi connectivity index (χ1n) is 8.69. The number of amides is 2. The van der Waals surface area contributed by atoms with Crippen LogP contribution in [-0.4, -0.2) is 27.4 Å². The van der Waals surface area contributed by atoms with Crippen molar-refractivity contribution in [3.63, 3.8) is 0 Å². The van der Waals surface area contributed by atoms with Crippen molar-refractivity contribution in [2.24, 2.45) is 0 Å². The Morgan fingerprint density at radius 1 is 1.15 bits per heavy atom. The predicted molar refractivity (Wildman–Crippen MR) is 100 cm³/mol. The third-order valence-corrected chi connectivity index (χ3v) is 5.18. The number of imidazole rings is 1. The first kappa shape index (κ1) is 17.4. The molecule has 136 valence electrons. The van der Waals surface area contributed by atoms with Crippen LogP contribution < -0.4 is 10.6 Å². The second-order valence-electron chi connectivity index (χ2n) is 6.67. The standard InChI is InChI=1S/C18H18Cl2N4O2/c19-10-4-7-13(12(20)9-10)22-17(25)15-14-3-1-2-8-24(14)16(23-15)18(26)21-11-5-6-11/h4,7,9,11H,1-3,5-6,8H2,(H,21,26)(H,22,25). The van der Waals surface area contributed by atoms with Crippen LogP contribution in [0.4, 0.5) is 5.69 Å². The molecule has 2 aliphatic rings. The van der Waals surface area contributed by atoms with Crippen molar-refractivity contribution in [1.29, 1.82) is 0 Å². The molecule has 0 bridgehead atoms. The Hall–Kier alpha value is -2.05. The molecule has 26 heavy (non-hydrogen) atoms. The average molecular weight is 393 g/mol. The molecule has 0 unspecified atom stereocenters. The molecule has 0 spiro atoms. The molecular formula is C18H18Cl2N4O2.